The highest BCUT2D eigenvalue weighted by molar-refractivity contribution is 6.31. The summed E-state index contributed by atoms with van der Waals surface area (Å²) in [5.74, 6) is -1.33. The lowest BCUT2D eigenvalue weighted by Gasteiger charge is -2.47. The predicted molar refractivity (Wildman–Crippen MR) is 220 cm³/mol. The average molecular weight is 839 g/mol. The first-order chi connectivity index (χ1) is 28.9. The highest BCUT2D eigenvalue weighted by Crippen LogP contribution is 2.35. The fraction of sp³-hybridized carbons (Fsp3) is 0.477. The first-order valence-electron chi connectivity index (χ1n) is 20.8. The van der Waals surface area contributed by atoms with E-state index in [2.05, 4.69) is 45.3 Å². The Morgan fingerprint density at radius 3 is 2.27 bits per heavy atom. The Morgan fingerprint density at radius 1 is 0.933 bits per heavy atom. The molecule has 2 aromatic carbocycles. The summed E-state index contributed by atoms with van der Waals surface area (Å²) in [4.78, 5) is 76.1. The number of nitriles is 1. The molecule has 60 heavy (non-hydrogen) atoms. The van der Waals surface area contributed by atoms with E-state index in [1.807, 2.05) is 17.0 Å². The number of hydrogen-bond donors (Lipinski definition) is 2. The summed E-state index contributed by atoms with van der Waals surface area (Å²) >= 11 is 6.15. The van der Waals surface area contributed by atoms with Crippen molar-refractivity contribution in [3.63, 3.8) is 0 Å². The molecule has 0 spiro atoms. The minimum atomic E-state index is -1.11. The number of fused-ring (bicyclic) bond motifs is 1. The topological polar surface area (TPSA) is 168 Å². The van der Waals surface area contributed by atoms with E-state index in [9.17, 15) is 24.0 Å². The summed E-state index contributed by atoms with van der Waals surface area (Å²) in [5, 5.41) is 14.8. The minimum Gasteiger partial charge on any atom is -0.490 e. The van der Waals surface area contributed by atoms with Gasteiger partial charge in [-0.05, 0) is 101 Å². The van der Waals surface area contributed by atoms with Gasteiger partial charge in [0.1, 0.15) is 29.5 Å². The number of hydrogen-bond acceptors (Lipinski definition) is 11. The number of halogens is 2. The van der Waals surface area contributed by atoms with Crippen molar-refractivity contribution in [1.29, 1.82) is 5.26 Å². The van der Waals surface area contributed by atoms with Crippen molar-refractivity contribution < 1.29 is 33.1 Å². The number of imide groups is 2. The minimum absolute atomic E-state index is 0.0111. The predicted octanol–water partition coefficient (Wildman–Crippen LogP) is 5.08. The maximum absolute atomic E-state index is 15.7. The second-order valence-corrected chi connectivity index (χ2v) is 17.2. The highest BCUT2D eigenvalue weighted by atomic mass is 35.5. The van der Waals surface area contributed by atoms with Crippen LogP contribution in [0.4, 0.5) is 15.9 Å². The number of piperidine rings is 2. The van der Waals surface area contributed by atoms with E-state index in [1.165, 1.54) is 6.07 Å². The Bertz CT molecular complexity index is 2220. The fourth-order valence-corrected chi connectivity index (χ4v) is 9.64. The number of nitrogens with zero attached hydrogens (tertiary/aromatic N) is 6. The number of aromatic nitrogens is 1. The zero-order valence-electron chi connectivity index (χ0n) is 33.7. The molecule has 3 aromatic rings. The lowest BCUT2D eigenvalue weighted by Crippen LogP contribution is -2.58. The molecule has 4 aliphatic heterocycles. The first kappa shape index (κ1) is 41.2. The van der Waals surface area contributed by atoms with Crippen LogP contribution in [0.1, 0.15) is 102 Å². The standard InChI is InChI=1S/C44H48ClFN8O6/c1-25-22-52(38-19-34-33(18-36(38)46)43(58)54(44(34)59)37-10-12-40(55)50-42(37)57)23-26(2)53(25)24-27-13-15-51(16-14-27)39-11-4-29(21-48-39)41(56)49-30-5-8-31(9-6-30)60-32-7-3-28(20-47)35(45)17-32/h3-4,7,11,17-19,21,25-27,30-31,37H,5-6,8-10,12-16,22-24H2,1-2H3,(H,49,56)(H,50,55,57). The fourth-order valence-electron chi connectivity index (χ4n) is 9.43. The van der Waals surface area contributed by atoms with Crippen molar-refractivity contribution in [3.05, 3.63) is 81.8 Å². The number of pyridine rings is 1. The molecule has 5 amide bonds. The quantitative estimate of drug-likeness (QED) is 0.276. The van der Waals surface area contributed by atoms with Crippen molar-refractivity contribution in [2.24, 2.45) is 5.92 Å². The SMILES string of the molecule is CC1CN(c2cc3c(cc2F)C(=O)N(C2CCC(=O)NC2=O)C3=O)CC(C)N1CC1CCN(c2ccc(C(=O)NC3CCC(Oc4ccc(C#N)c(Cl)c4)CC3)cn2)CC1. The molecule has 8 rings (SSSR count). The maximum atomic E-state index is 15.7. The molecule has 14 nitrogen and oxygen atoms in total. The molecule has 1 aliphatic carbocycles. The van der Waals surface area contributed by atoms with Crippen LogP contribution in [0.2, 0.25) is 5.02 Å². The lowest BCUT2D eigenvalue weighted by molar-refractivity contribution is -0.136. The Morgan fingerprint density at radius 2 is 1.63 bits per heavy atom. The van der Waals surface area contributed by atoms with Crippen LogP contribution in [-0.4, -0.2) is 107 Å². The zero-order valence-corrected chi connectivity index (χ0v) is 34.4. The smallest absolute Gasteiger partial charge is 0.262 e. The Balaban J connectivity index is 0.794. The number of carbonyl (C=O) groups excluding carboxylic acids is 5. The molecule has 4 fully saturated rings. The second-order valence-electron chi connectivity index (χ2n) is 16.8. The van der Waals surface area contributed by atoms with Crippen molar-refractivity contribution in [1.82, 2.24) is 25.4 Å². The molecule has 1 saturated carbocycles. The number of rotatable bonds is 9. The van der Waals surface area contributed by atoms with Crippen molar-refractivity contribution >= 4 is 52.6 Å². The van der Waals surface area contributed by atoms with E-state index in [0.717, 1.165) is 74.9 Å². The van der Waals surface area contributed by atoms with Gasteiger partial charge >= 0.3 is 0 Å². The molecule has 3 unspecified atom stereocenters. The average Bonchev–Trinajstić information content (AvgIpc) is 3.47. The monoisotopic (exact) mass is 838 g/mol. The van der Waals surface area contributed by atoms with Gasteiger partial charge in [0.25, 0.3) is 17.7 Å². The van der Waals surface area contributed by atoms with Gasteiger partial charge in [-0.1, -0.05) is 11.6 Å². The van der Waals surface area contributed by atoms with Crippen LogP contribution in [0.25, 0.3) is 0 Å². The van der Waals surface area contributed by atoms with Crippen LogP contribution >= 0.6 is 11.6 Å². The number of piperazine rings is 1. The number of benzene rings is 2. The first-order valence-corrected chi connectivity index (χ1v) is 21.2. The van der Waals surface area contributed by atoms with Crippen molar-refractivity contribution in [2.45, 2.75) is 95.5 Å². The van der Waals surface area contributed by atoms with Crippen molar-refractivity contribution in [2.75, 3.05) is 42.5 Å². The van der Waals surface area contributed by atoms with E-state index in [0.29, 0.717) is 40.9 Å². The van der Waals surface area contributed by atoms with Gasteiger partial charge in [0.15, 0.2) is 0 Å². The normalized spacial score (nSPS) is 25.2. The number of carbonyl (C=O) groups is 5. The Kier molecular flexibility index (Phi) is 11.8. The Labute approximate surface area is 353 Å². The molecular formula is C44H48ClFN8O6. The third-order valence-corrected chi connectivity index (χ3v) is 13.1. The second kappa shape index (κ2) is 17.2. The summed E-state index contributed by atoms with van der Waals surface area (Å²) in [6, 6.07) is 12.5. The Hall–Kier alpha value is -5.59. The van der Waals surface area contributed by atoms with Gasteiger partial charge < -0.3 is 19.9 Å². The summed E-state index contributed by atoms with van der Waals surface area (Å²) in [7, 11) is 0. The van der Waals surface area contributed by atoms with Gasteiger partial charge in [0, 0.05) is 69.5 Å². The van der Waals surface area contributed by atoms with Crippen molar-refractivity contribution in [3.8, 4) is 11.8 Å². The van der Waals surface area contributed by atoms with E-state index in [4.69, 9.17) is 21.6 Å². The summed E-state index contributed by atoms with van der Waals surface area (Å²) in [6.07, 6.45) is 6.84. The summed E-state index contributed by atoms with van der Waals surface area (Å²) in [6.45, 7) is 7.90. The van der Waals surface area contributed by atoms with E-state index < -0.39 is 35.5 Å². The zero-order chi connectivity index (χ0) is 42.2. The van der Waals surface area contributed by atoms with Crippen LogP contribution in [-0.2, 0) is 9.59 Å². The van der Waals surface area contributed by atoms with Crippen LogP contribution < -0.4 is 25.2 Å². The van der Waals surface area contributed by atoms with Crippen LogP contribution in [0.15, 0.2) is 48.7 Å². The van der Waals surface area contributed by atoms with Crippen LogP contribution in [0, 0.1) is 23.1 Å². The summed E-state index contributed by atoms with van der Waals surface area (Å²) < 4.78 is 21.8. The van der Waals surface area contributed by atoms with Gasteiger partial charge in [0.05, 0.1) is 39.1 Å². The summed E-state index contributed by atoms with van der Waals surface area (Å²) in [5.41, 5.74) is 1.18. The number of ether oxygens (including phenoxy) is 1. The molecule has 3 atom stereocenters. The highest BCUT2D eigenvalue weighted by Gasteiger charge is 2.46. The van der Waals surface area contributed by atoms with Crippen LogP contribution in [0.5, 0.6) is 5.75 Å². The molecule has 5 heterocycles. The maximum Gasteiger partial charge on any atom is 0.262 e. The number of amides is 5. The molecule has 314 valence electrons. The van der Waals surface area contributed by atoms with Gasteiger partial charge in [-0.3, -0.25) is 39.1 Å². The number of anilines is 2. The van der Waals surface area contributed by atoms with Gasteiger partial charge in [0.2, 0.25) is 11.8 Å². The third-order valence-electron chi connectivity index (χ3n) is 12.7. The molecule has 2 N–H and O–H groups in total. The molecule has 0 radical (unpaired) electrons. The largest absolute Gasteiger partial charge is 0.490 e. The van der Waals surface area contributed by atoms with Crippen LogP contribution in [0.3, 0.4) is 0 Å². The van der Waals surface area contributed by atoms with Gasteiger partial charge in [-0.25, -0.2) is 9.37 Å². The molecule has 16 heteroatoms. The van der Waals surface area contributed by atoms with E-state index in [-0.39, 0.29) is 59.8 Å². The molecule has 5 aliphatic rings. The molecular weight excluding hydrogens is 791 g/mol. The van der Waals surface area contributed by atoms with Gasteiger partial charge in [-0.2, -0.15) is 5.26 Å². The molecule has 0 bridgehead atoms. The van der Waals surface area contributed by atoms with E-state index in [1.54, 1.807) is 24.4 Å². The van der Waals surface area contributed by atoms with E-state index >= 15 is 4.39 Å². The van der Waals surface area contributed by atoms with Gasteiger partial charge in [-0.15, -0.1) is 0 Å². The lowest BCUT2D eigenvalue weighted by atomic mass is 9.92. The number of nitrogens with one attached hydrogen (secondary N) is 2. The molecule has 3 saturated heterocycles. The third kappa shape index (κ3) is 8.40. The molecule has 1 aromatic heterocycles.